The molecule has 0 amide bonds. The number of aromatic nitrogens is 4. The van der Waals surface area contributed by atoms with Crippen molar-refractivity contribution in [3.05, 3.63) is 47.6 Å². The van der Waals surface area contributed by atoms with Gasteiger partial charge in [0, 0.05) is 53.0 Å². The minimum atomic E-state index is -0.343. The van der Waals surface area contributed by atoms with Gasteiger partial charge >= 0.3 is 5.97 Å². The van der Waals surface area contributed by atoms with E-state index < -0.39 is 0 Å². The van der Waals surface area contributed by atoms with Gasteiger partial charge in [0.05, 0.1) is 18.5 Å². The number of hydrogen-bond acceptors (Lipinski definition) is 5. The van der Waals surface area contributed by atoms with Crippen LogP contribution in [0.5, 0.6) is 0 Å². The molecule has 0 aromatic carbocycles. The lowest BCUT2D eigenvalue weighted by Gasteiger charge is -2.27. The van der Waals surface area contributed by atoms with E-state index in [4.69, 9.17) is 9.72 Å². The molecule has 3 aromatic rings. The van der Waals surface area contributed by atoms with Crippen LogP contribution in [-0.4, -0.2) is 32.3 Å². The van der Waals surface area contributed by atoms with Crippen LogP contribution in [0, 0.1) is 6.92 Å². The topological polar surface area (TPSA) is 69.9 Å². The van der Waals surface area contributed by atoms with Crippen molar-refractivity contribution in [1.82, 2.24) is 19.7 Å². The van der Waals surface area contributed by atoms with Crippen molar-refractivity contribution < 1.29 is 9.53 Å². The summed E-state index contributed by atoms with van der Waals surface area (Å²) in [6.07, 6.45) is 12.4. The van der Waals surface area contributed by atoms with Gasteiger partial charge in [-0.2, -0.15) is 5.10 Å². The number of ether oxygens (including phenoxy) is 1. The van der Waals surface area contributed by atoms with Crippen LogP contribution in [0.3, 0.4) is 0 Å². The molecule has 3 aromatic heterocycles. The van der Waals surface area contributed by atoms with Crippen molar-refractivity contribution in [3.63, 3.8) is 0 Å². The molecule has 6 nitrogen and oxygen atoms in total. The number of carbonyl (C=O) groups excluding carboxylic acids is 1. The summed E-state index contributed by atoms with van der Waals surface area (Å²) >= 11 is 0. The fraction of sp³-hybridized carbons (Fsp3) is 0.391. The summed E-state index contributed by atoms with van der Waals surface area (Å²) in [5.41, 5.74) is 6.03. The minimum absolute atomic E-state index is 0.343. The standard InChI is InChI=1S/C23H26N4O2/c1-4-27-23-19(14-25-27)21(17-11-15(3)12-24-13-17)18(9-10-20(28)29-5-2)22(26-23)16-7-6-8-16/h9-14,16H,4-8H2,1-3H3. The molecule has 0 radical (unpaired) electrons. The zero-order valence-corrected chi connectivity index (χ0v) is 17.2. The molecular weight excluding hydrogens is 364 g/mol. The first-order valence-electron chi connectivity index (χ1n) is 10.3. The summed E-state index contributed by atoms with van der Waals surface area (Å²) < 4.78 is 7.04. The van der Waals surface area contributed by atoms with Gasteiger partial charge in [0.1, 0.15) is 0 Å². The largest absolute Gasteiger partial charge is 0.463 e. The zero-order valence-electron chi connectivity index (χ0n) is 17.2. The fourth-order valence-corrected chi connectivity index (χ4v) is 3.86. The van der Waals surface area contributed by atoms with Gasteiger partial charge in [-0.15, -0.1) is 0 Å². The predicted molar refractivity (Wildman–Crippen MR) is 113 cm³/mol. The molecule has 150 valence electrons. The second-order valence-electron chi connectivity index (χ2n) is 7.45. The number of hydrogen-bond donors (Lipinski definition) is 0. The van der Waals surface area contributed by atoms with Crippen LogP contribution in [-0.2, 0) is 16.1 Å². The van der Waals surface area contributed by atoms with Crippen LogP contribution in [0.25, 0.3) is 28.2 Å². The molecule has 0 saturated heterocycles. The molecule has 29 heavy (non-hydrogen) atoms. The Morgan fingerprint density at radius 1 is 1.28 bits per heavy atom. The van der Waals surface area contributed by atoms with Gasteiger partial charge < -0.3 is 4.74 Å². The van der Waals surface area contributed by atoms with Gasteiger partial charge in [-0.3, -0.25) is 4.98 Å². The number of aryl methyl sites for hydroxylation is 2. The van der Waals surface area contributed by atoms with Crippen molar-refractivity contribution in [2.45, 2.75) is 52.5 Å². The number of pyridine rings is 2. The summed E-state index contributed by atoms with van der Waals surface area (Å²) in [7, 11) is 0. The summed E-state index contributed by atoms with van der Waals surface area (Å²) in [6, 6.07) is 2.12. The van der Waals surface area contributed by atoms with E-state index in [0.717, 1.165) is 58.4 Å². The SMILES string of the molecule is CCOC(=O)C=Cc1c(C2CCC2)nc2c(cnn2CC)c1-c1cncc(C)c1. The van der Waals surface area contributed by atoms with Crippen LogP contribution in [0.2, 0.25) is 0 Å². The summed E-state index contributed by atoms with van der Waals surface area (Å²) in [5, 5.41) is 5.53. The molecule has 1 saturated carbocycles. The van der Waals surface area contributed by atoms with Gasteiger partial charge in [-0.05, 0) is 51.3 Å². The van der Waals surface area contributed by atoms with E-state index in [0.29, 0.717) is 12.5 Å². The Kier molecular flexibility index (Phi) is 5.43. The van der Waals surface area contributed by atoms with Crippen molar-refractivity contribution in [2.24, 2.45) is 0 Å². The monoisotopic (exact) mass is 390 g/mol. The van der Waals surface area contributed by atoms with Gasteiger partial charge in [-0.1, -0.05) is 6.42 Å². The molecule has 1 aliphatic rings. The van der Waals surface area contributed by atoms with Crippen LogP contribution in [0.4, 0.5) is 0 Å². The highest BCUT2D eigenvalue weighted by Gasteiger charge is 2.27. The zero-order chi connectivity index (χ0) is 20.4. The highest BCUT2D eigenvalue weighted by Crippen LogP contribution is 2.42. The maximum atomic E-state index is 12.0. The van der Waals surface area contributed by atoms with Gasteiger partial charge in [0.25, 0.3) is 0 Å². The number of esters is 1. The van der Waals surface area contributed by atoms with E-state index >= 15 is 0 Å². The van der Waals surface area contributed by atoms with Gasteiger partial charge in [-0.25, -0.2) is 14.5 Å². The second-order valence-corrected chi connectivity index (χ2v) is 7.45. The van der Waals surface area contributed by atoms with Crippen LogP contribution < -0.4 is 0 Å². The van der Waals surface area contributed by atoms with Crippen LogP contribution in [0.15, 0.2) is 30.7 Å². The first-order valence-corrected chi connectivity index (χ1v) is 10.3. The third-order valence-corrected chi connectivity index (χ3v) is 5.48. The average Bonchev–Trinajstić information content (AvgIpc) is 3.07. The highest BCUT2D eigenvalue weighted by atomic mass is 16.5. The quantitative estimate of drug-likeness (QED) is 0.452. The van der Waals surface area contributed by atoms with Crippen molar-refractivity contribution >= 4 is 23.1 Å². The third-order valence-electron chi connectivity index (χ3n) is 5.48. The Morgan fingerprint density at radius 3 is 2.76 bits per heavy atom. The van der Waals surface area contributed by atoms with E-state index in [1.807, 2.05) is 43.2 Å². The lowest BCUT2D eigenvalue weighted by Crippen LogP contribution is -2.14. The molecular formula is C23H26N4O2. The predicted octanol–water partition coefficient (Wildman–Crippen LogP) is 4.67. The highest BCUT2D eigenvalue weighted by molar-refractivity contribution is 5.99. The van der Waals surface area contributed by atoms with Crippen molar-refractivity contribution in [1.29, 1.82) is 0 Å². The molecule has 0 bridgehead atoms. The number of rotatable bonds is 6. The average molecular weight is 390 g/mol. The Hall–Kier alpha value is -3.02. The molecule has 1 fully saturated rings. The second kappa shape index (κ2) is 8.15. The lowest BCUT2D eigenvalue weighted by molar-refractivity contribution is -0.137. The Morgan fingerprint density at radius 2 is 2.10 bits per heavy atom. The van der Waals surface area contributed by atoms with Crippen LogP contribution in [0.1, 0.15) is 55.8 Å². The Balaban J connectivity index is 2.00. The summed E-state index contributed by atoms with van der Waals surface area (Å²) in [6.45, 7) is 7.02. The third kappa shape index (κ3) is 3.67. The number of fused-ring (bicyclic) bond motifs is 1. The first-order chi connectivity index (χ1) is 14.1. The van der Waals surface area contributed by atoms with E-state index in [-0.39, 0.29) is 5.97 Å². The molecule has 3 heterocycles. The molecule has 0 unspecified atom stereocenters. The maximum absolute atomic E-state index is 12.0. The first kappa shape index (κ1) is 19.3. The van der Waals surface area contributed by atoms with E-state index in [1.54, 1.807) is 0 Å². The summed E-state index contributed by atoms with van der Waals surface area (Å²) in [4.78, 5) is 21.5. The fourth-order valence-electron chi connectivity index (χ4n) is 3.86. The molecule has 4 rings (SSSR count). The number of nitrogens with zero attached hydrogens (tertiary/aromatic N) is 4. The minimum Gasteiger partial charge on any atom is -0.463 e. The Labute approximate surface area is 170 Å². The molecule has 0 spiro atoms. The van der Waals surface area contributed by atoms with Gasteiger partial charge in [0.15, 0.2) is 5.65 Å². The molecule has 0 N–H and O–H groups in total. The van der Waals surface area contributed by atoms with E-state index in [9.17, 15) is 4.79 Å². The van der Waals surface area contributed by atoms with E-state index in [2.05, 4.69) is 23.1 Å². The molecule has 1 aliphatic carbocycles. The number of carbonyl (C=O) groups is 1. The molecule has 0 atom stereocenters. The molecule has 0 aliphatic heterocycles. The van der Waals surface area contributed by atoms with Crippen molar-refractivity contribution in [3.8, 4) is 11.1 Å². The van der Waals surface area contributed by atoms with Crippen molar-refractivity contribution in [2.75, 3.05) is 6.61 Å². The molecule has 6 heteroatoms. The summed E-state index contributed by atoms with van der Waals surface area (Å²) in [5.74, 6) is 0.0581. The normalized spacial score (nSPS) is 14.4. The van der Waals surface area contributed by atoms with Gasteiger partial charge in [0.2, 0.25) is 0 Å². The Bertz CT molecular complexity index is 1080. The lowest BCUT2D eigenvalue weighted by atomic mass is 9.79. The smallest absolute Gasteiger partial charge is 0.330 e. The van der Waals surface area contributed by atoms with E-state index in [1.165, 1.54) is 12.5 Å². The maximum Gasteiger partial charge on any atom is 0.330 e. The van der Waals surface area contributed by atoms with Crippen LogP contribution >= 0.6 is 0 Å².